The van der Waals surface area contributed by atoms with Gasteiger partial charge in [0.05, 0.1) is 12.2 Å². The van der Waals surface area contributed by atoms with Crippen LogP contribution in [0.3, 0.4) is 0 Å². The Labute approximate surface area is 367 Å². The van der Waals surface area contributed by atoms with E-state index in [0.29, 0.717) is 6.42 Å². The van der Waals surface area contributed by atoms with E-state index in [1.54, 1.807) is 0 Å². The molecule has 0 bridgehead atoms. The maximum absolute atomic E-state index is 14.4. The lowest BCUT2D eigenvalue weighted by Gasteiger charge is -2.24. The van der Waals surface area contributed by atoms with E-state index in [9.17, 15) is 14.7 Å². The minimum atomic E-state index is -1.24. The number of ether oxygens (including phenoxy) is 7. The number of rotatable bonds is 22. The molecule has 7 aromatic rings. The molecular weight excluding hydrogens is 797 g/mol. The molecule has 0 spiro atoms. The van der Waals surface area contributed by atoms with Crippen LogP contribution in [0.15, 0.2) is 170 Å². The van der Waals surface area contributed by atoms with Gasteiger partial charge in [-0.3, -0.25) is 0 Å². The topological polar surface area (TPSA) is 119 Å². The Morgan fingerprint density at radius 2 is 0.825 bits per heavy atom. The van der Waals surface area contributed by atoms with Crippen LogP contribution in [0.2, 0.25) is 0 Å². The van der Waals surface area contributed by atoms with E-state index in [0.717, 1.165) is 34.2 Å². The Balaban J connectivity index is 1.42. The molecule has 7 aromatic carbocycles. The predicted molar refractivity (Wildman–Crippen MR) is 239 cm³/mol. The quantitative estimate of drug-likeness (QED) is 0.0522. The molecule has 0 radical (unpaired) electrons. The van der Waals surface area contributed by atoms with E-state index in [4.69, 9.17) is 33.2 Å². The molecule has 320 valence electrons. The van der Waals surface area contributed by atoms with Gasteiger partial charge in [-0.1, -0.05) is 165 Å². The first-order valence-electron chi connectivity index (χ1n) is 20.8. The van der Waals surface area contributed by atoms with Crippen LogP contribution in [0.4, 0.5) is 0 Å². The molecule has 7 rings (SSSR count). The fraction of sp³-hybridized carbons (Fsp3) is 0.170. The van der Waals surface area contributed by atoms with Crippen molar-refractivity contribution in [2.75, 3.05) is 6.61 Å². The van der Waals surface area contributed by atoms with E-state index < -0.39 is 11.9 Å². The Bertz CT molecular complexity index is 2530. The number of carbonyl (C=O) groups excluding carboxylic acids is 1. The third-order valence-electron chi connectivity index (χ3n) is 9.74. The van der Waals surface area contributed by atoms with Gasteiger partial charge in [-0.25, -0.2) is 9.59 Å². The average Bonchev–Trinajstić information content (AvgIpc) is 3.33. The lowest BCUT2D eigenvalue weighted by atomic mass is 10.1. The summed E-state index contributed by atoms with van der Waals surface area (Å²) in [6.45, 7) is 2.56. The summed E-state index contributed by atoms with van der Waals surface area (Å²) in [7, 11) is 0. The first-order valence-corrected chi connectivity index (χ1v) is 20.8. The number of esters is 1. The number of carboxylic acids is 1. The summed E-state index contributed by atoms with van der Waals surface area (Å²) in [5, 5.41) is 10.4. The lowest BCUT2D eigenvalue weighted by molar-refractivity contribution is 0.0494. The molecule has 0 amide bonds. The lowest BCUT2D eigenvalue weighted by Crippen LogP contribution is -2.12. The number of hydrogen-bond donors (Lipinski definition) is 1. The Morgan fingerprint density at radius 1 is 0.444 bits per heavy atom. The van der Waals surface area contributed by atoms with E-state index in [1.165, 1.54) is 18.2 Å². The second-order valence-corrected chi connectivity index (χ2v) is 14.5. The van der Waals surface area contributed by atoms with Crippen LogP contribution in [-0.4, -0.2) is 23.7 Å². The number of hydrogen-bond acceptors (Lipinski definition) is 9. The minimum Gasteiger partial charge on any atom is -0.485 e. The highest BCUT2D eigenvalue weighted by molar-refractivity contribution is 5.96. The predicted octanol–water partition coefficient (Wildman–Crippen LogP) is 12.0. The first kappa shape index (κ1) is 43.4. The molecule has 1 N–H and O–H groups in total. The fourth-order valence-corrected chi connectivity index (χ4v) is 6.41. The van der Waals surface area contributed by atoms with E-state index in [1.807, 2.05) is 159 Å². The molecule has 10 nitrogen and oxygen atoms in total. The van der Waals surface area contributed by atoms with E-state index in [-0.39, 0.29) is 91.0 Å². The second kappa shape index (κ2) is 22.2. The summed E-state index contributed by atoms with van der Waals surface area (Å²) >= 11 is 0. The van der Waals surface area contributed by atoms with Crippen molar-refractivity contribution in [1.29, 1.82) is 0 Å². The maximum atomic E-state index is 14.4. The molecule has 10 heteroatoms. The molecule has 0 atom stereocenters. The molecule has 0 aliphatic heterocycles. The summed E-state index contributed by atoms with van der Waals surface area (Å²) < 4.78 is 45.3. The standard InChI is InChI=1S/C53H48O10/c1-2-3-29-57-53(56)44-32-46(59-34-39-21-11-5-12-22-39)50(61-36-41-25-15-7-16-26-41)51(62-37-42-27-17-8-18-28-42)48(44)63-47-31-43(52(54)55)30-45(58-33-38-19-9-4-10-20-38)49(47)60-35-40-23-13-6-14-24-40/h4-28,30-32H,2-3,29,33-37H2,1H3,(H,54,55). The Kier molecular flexibility index (Phi) is 15.3. The molecule has 0 aromatic heterocycles. The average molecular weight is 845 g/mol. The van der Waals surface area contributed by atoms with Crippen molar-refractivity contribution < 1.29 is 47.9 Å². The molecule has 0 heterocycles. The molecule has 0 unspecified atom stereocenters. The molecule has 0 saturated heterocycles. The smallest absolute Gasteiger partial charge is 0.342 e. The Morgan fingerprint density at radius 3 is 1.25 bits per heavy atom. The van der Waals surface area contributed by atoms with Crippen LogP contribution in [0.5, 0.6) is 40.2 Å². The van der Waals surface area contributed by atoms with Gasteiger partial charge >= 0.3 is 11.9 Å². The largest absolute Gasteiger partial charge is 0.485 e. The van der Waals surface area contributed by atoms with Gasteiger partial charge < -0.3 is 38.3 Å². The molecular formula is C53H48O10. The molecule has 0 saturated carbocycles. The van der Waals surface area contributed by atoms with Crippen LogP contribution >= 0.6 is 0 Å². The zero-order chi connectivity index (χ0) is 43.6. The van der Waals surface area contributed by atoms with Gasteiger partial charge in [0.2, 0.25) is 17.2 Å². The number of carboxylic acid groups (broad SMARTS) is 1. The normalized spacial score (nSPS) is 10.7. The van der Waals surface area contributed by atoms with Gasteiger partial charge in [0.25, 0.3) is 0 Å². The third-order valence-corrected chi connectivity index (χ3v) is 9.74. The van der Waals surface area contributed by atoms with Crippen LogP contribution in [-0.2, 0) is 37.8 Å². The second-order valence-electron chi connectivity index (χ2n) is 14.5. The van der Waals surface area contributed by atoms with E-state index in [2.05, 4.69) is 0 Å². The SMILES string of the molecule is CCCCOC(=O)c1cc(OCc2ccccc2)c(OCc2ccccc2)c(OCc2ccccc2)c1Oc1cc(C(=O)O)cc(OCc2ccccc2)c1OCc1ccccc1. The van der Waals surface area contributed by atoms with Crippen molar-refractivity contribution in [3.05, 3.63) is 209 Å². The van der Waals surface area contributed by atoms with Crippen LogP contribution in [0, 0.1) is 0 Å². The Hall–Kier alpha value is -7.72. The van der Waals surface area contributed by atoms with Crippen molar-refractivity contribution >= 4 is 11.9 Å². The van der Waals surface area contributed by atoms with Crippen molar-refractivity contribution in [1.82, 2.24) is 0 Å². The summed E-state index contributed by atoms with van der Waals surface area (Å²) in [5.41, 5.74) is 4.03. The number of carbonyl (C=O) groups is 2. The van der Waals surface area contributed by atoms with Gasteiger partial charge in [0, 0.05) is 6.07 Å². The zero-order valence-electron chi connectivity index (χ0n) is 34.9. The van der Waals surface area contributed by atoms with Crippen LogP contribution in [0.1, 0.15) is 68.3 Å². The first-order chi connectivity index (χ1) is 30.9. The zero-order valence-corrected chi connectivity index (χ0v) is 34.9. The highest BCUT2D eigenvalue weighted by Crippen LogP contribution is 2.52. The highest BCUT2D eigenvalue weighted by atomic mass is 16.6. The number of benzene rings is 7. The van der Waals surface area contributed by atoms with Gasteiger partial charge in [0.1, 0.15) is 38.6 Å². The van der Waals surface area contributed by atoms with Gasteiger partial charge in [0.15, 0.2) is 23.0 Å². The van der Waals surface area contributed by atoms with Gasteiger partial charge in [-0.15, -0.1) is 0 Å². The maximum Gasteiger partial charge on any atom is 0.342 e. The van der Waals surface area contributed by atoms with Gasteiger partial charge in [-0.05, 0) is 46.4 Å². The summed E-state index contributed by atoms with van der Waals surface area (Å²) in [4.78, 5) is 27.2. The molecule has 63 heavy (non-hydrogen) atoms. The van der Waals surface area contributed by atoms with Crippen molar-refractivity contribution in [2.45, 2.75) is 52.8 Å². The molecule has 0 aliphatic rings. The van der Waals surface area contributed by atoms with Gasteiger partial charge in [-0.2, -0.15) is 0 Å². The molecule has 0 aliphatic carbocycles. The third kappa shape index (κ3) is 12.2. The number of aromatic carboxylic acids is 1. The highest BCUT2D eigenvalue weighted by Gasteiger charge is 2.31. The summed E-state index contributed by atoms with van der Waals surface area (Å²) in [6.07, 6.45) is 1.41. The van der Waals surface area contributed by atoms with Crippen molar-refractivity contribution in [3.8, 4) is 40.2 Å². The summed E-state index contributed by atoms with van der Waals surface area (Å²) in [5.74, 6) is -1.57. The molecule has 0 fully saturated rings. The minimum absolute atomic E-state index is 0.0179. The number of unbranched alkanes of at least 4 members (excludes halogenated alkanes) is 1. The van der Waals surface area contributed by atoms with Crippen molar-refractivity contribution in [3.63, 3.8) is 0 Å². The summed E-state index contributed by atoms with van der Waals surface area (Å²) in [6, 6.07) is 51.9. The fourth-order valence-electron chi connectivity index (χ4n) is 6.41. The van der Waals surface area contributed by atoms with Crippen molar-refractivity contribution in [2.24, 2.45) is 0 Å². The monoisotopic (exact) mass is 844 g/mol. The van der Waals surface area contributed by atoms with E-state index >= 15 is 0 Å². The van der Waals surface area contributed by atoms with Crippen LogP contribution in [0.25, 0.3) is 0 Å². The van der Waals surface area contributed by atoms with Crippen LogP contribution < -0.4 is 28.4 Å².